The fourth-order valence-corrected chi connectivity index (χ4v) is 2.74. The highest BCUT2D eigenvalue weighted by Gasteiger charge is 2.28. The molecule has 3 nitrogen and oxygen atoms in total. The van der Waals surface area contributed by atoms with E-state index in [2.05, 4.69) is 34.5 Å². The van der Waals surface area contributed by atoms with Crippen LogP contribution >= 0.6 is 0 Å². The van der Waals surface area contributed by atoms with Gasteiger partial charge in [0.05, 0.1) is 5.60 Å². The van der Waals surface area contributed by atoms with Crippen LogP contribution in [0, 0.1) is 0 Å². The van der Waals surface area contributed by atoms with Crippen LogP contribution in [-0.2, 0) is 6.54 Å². The summed E-state index contributed by atoms with van der Waals surface area (Å²) in [5.41, 5.74) is 2.25. The number of anilines is 1. The SMILES string of the molecule is CC1(O)CCN(c2ccccc2CNC2CC2)CC1. The molecule has 3 heteroatoms. The van der Waals surface area contributed by atoms with E-state index in [1.807, 2.05) is 6.92 Å². The molecule has 0 unspecified atom stereocenters. The summed E-state index contributed by atoms with van der Waals surface area (Å²) >= 11 is 0. The van der Waals surface area contributed by atoms with Crippen molar-refractivity contribution in [3.8, 4) is 0 Å². The van der Waals surface area contributed by atoms with E-state index in [0.717, 1.165) is 38.5 Å². The van der Waals surface area contributed by atoms with Crippen LogP contribution in [0.3, 0.4) is 0 Å². The lowest BCUT2D eigenvalue weighted by molar-refractivity contribution is 0.0351. The Balaban J connectivity index is 1.69. The fraction of sp³-hybridized carbons (Fsp3) is 0.625. The molecule has 1 aliphatic heterocycles. The third-order valence-electron chi connectivity index (χ3n) is 4.33. The maximum absolute atomic E-state index is 10.1. The zero-order valence-electron chi connectivity index (χ0n) is 11.7. The molecule has 19 heavy (non-hydrogen) atoms. The van der Waals surface area contributed by atoms with Crippen molar-refractivity contribution in [2.24, 2.45) is 0 Å². The number of nitrogens with one attached hydrogen (secondary N) is 1. The van der Waals surface area contributed by atoms with Gasteiger partial charge in [-0.1, -0.05) is 18.2 Å². The number of piperidine rings is 1. The summed E-state index contributed by atoms with van der Waals surface area (Å²) in [6.45, 7) is 4.82. The van der Waals surface area contributed by atoms with E-state index in [9.17, 15) is 5.11 Å². The molecular formula is C16H24N2O. The van der Waals surface area contributed by atoms with Gasteiger partial charge in [0.25, 0.3) is 0 Å². The highest BCUT2D eigenvalue weighted by Crippen LogP contribution is 2.29. The van der Waals surface area contributed by atoms with Crippen LogP contribution in [0.2, 0.25) is 0 Å². The molecule has 0 spiro atoms. The van der Waals surface area contributed by atoms with Gasteiger partial charge in [0.2, 0.25) is 0 Å². The summed E-state index contributed by atoms with van der Waals surface area (Å²) in [5, 5.41) is 13.6. The molecule has 1 aliphatic carbocycles. The number of hydrogen-bond acceptors (Lipinski definition) is 3. The second kappa shape index (κ2) is 5.14. The first-order valence-electron chi connectivity index (χ1n) is 7.43. The van der Waals surface area contributed by atoms with Crippen LogP contribution in [0.15, 0.2) is 24.3 Å². The van der Waals surface area contributed by atoms with Crippen molar-refractivity contribution in [3.05, 3.63) is 29.8 Å². The first kappa shape index (κ1) is 12.9. The van der Waals surface area contributed by atoms with Crippen LogP contribution in [-0.4, -0.2) is 29.8 Å². The third kappa shape index (κ3) is 3.28. The van der Waals surface area contributed by atoms with Gasteiger partial charge in [0, 0.05) is 31.4 Å². The second-order valence-electron chi connectivity index (χ2n) is 6.27. The van der Waals surface area contributed by atoms with Gasteiger partial charge < -0.3 is 15.3 Å². The van der Waals surface area contributed by atoms with E-state index in [1.54, 1.807) is 0 Å². The number of benzene rings is 1. The molecule has 1 aromatic rings. The maximum atomic E-state index is 10.1. The number of nitrogens with zero attached hydrogens (tertiary/aromatic N) is 1. The summed E-state index contributed by atoms with van der Waals surface area (Å²) in [7, 11) is 0. The van der Waals surface area contributed by atoms with E-state index in [0.29, 0.717) is 0 Å². The van der Waals surface area contributed by atoms with Gasteiger partial charge in [-0.05, 0) is 44.2 Å². The Bertz CT molecular complexity index is 430. The Morgan fingerprint density at radius 2 is 1.95 bits per heavy atom. The summed E-state index contributed by atoms with van der Waals surface area (Å²) in [4.78, 5) is 2.42. The van der Waals surface area contributed by atoms with Crippen LogP contribution in [0.25, 0.3) is 0 Å². The summed E-state index contributed by atoms with van der Waals surface area (Å²) in [6, 6.07) is 9.41. The Morgan fingerprint density at radius 3 is 2.63 bits per heavy atom. The molecule has 2 fully saturated rings. The Hall–Kier alpha value is -1.06. The van der Waals surface area contributed by atoms with E-state index >= 15 is 0 Å². The molecule has 0 amide bonds. The van der Waals surface area contributed by atoms with Crippen molar-refractivity contribution in [1.82, 2.24) is 5.32 Å². The van der Waals surface area contributed by atoms with Gasteiger partial charge in [-0.3, -0.25) is 0 Å². The van der Waals surface area contributed by atoms with E-state index in [4.69, 9.17) is 0 Å². The smallest absolute Gasteiger partial charge is 0.0653 e. The van der Waals surface area contributed by atoms with Crippen molar-refractivity contribution in [3.63, 3.8) is 0 Å². The molecule has 0 aromatic heterocycles. The van der Waals surface area contributed by atoms with Crippen molar-refractivity contribution in [1.29, 1.82) is 0 Å². The van der Waals surface area contributed by atoms with Crippen molar-refractivity contribution in [2.75, 3.05) is 18.0 Å². The molecule has 1 saturated carbocycles. The van der Waals surface area contributed by atoms with Gasteiger partial charge in [-0.2, -0.15) is 0 Å². The molecule has 1 saturated heterocycles. The molecule has 2 N–H and O–H groups in total. The third-order valence-corrected chi connectivity index (χ3v) is 4.33. The lowest BCUT2D eigenvalue weighted by atomic mass is 9.93. The average molecular weight is 260 g/mol. The lowest BCUT2D eigenvalue weighted by Crippen LogP contribution is -2.42. The van der Waals surface area contributed by atoms with Crippen LogP contribution < -0.4 is 10.2 Å². The summed E-state index contributed by atoms with van der Waals surface area (Å²) in [5.74, 6) is 0. The molecule has 0 bridgehead atoms. The minimum absolute atomic E-state index is 0.474. The minimum Gasteiger partial charge on any atom is -0.390 e. The van der Waals surface area contributed by atoms with Crippen LogP contribution in [0.4, 0.5) is 5.69 Å². The zero-order valence-corrected chi connectivity index (χ0v) is 11.7. The summed E-state index contributed by atoms with van der Waals surface area (Å²) < 4.78 is 0. The molecule has 1 heterocycles. The minimum atomic E-state index is -0.474. The van der Waals surface area contributed by atoms with E-state index in [-0.39, 0.29) is 0 Å². The second-order valence-corrected chi connectivity index (χ2v) is 6.27. The average Bonchev–Trinajstić information content (AvgIpc) is 3.21. The van der Waals surface area contributed by atoms with Crippen LogP contribution in [0.5, 0.6) is 0 Å². The number of aliphatic hydroxyl groups is 1. The monoisotopic (exact) mass is 260 g/mol. The highest BCUT2D eigenvalue weighted by molar-refractivity contribution is 5.54. The zero-order chi connectivity index (χ0) is 13.3. The van der Waals surface area contributed by atoms with Gasteiger partial charge in [-0.25, -0.2) is 0 Å². The number of rotatable bonds is 4. The molecule has 1 aromatic carbocycles. The normalized spacial score (nSPS) is 22.5. The van der Waals surface area contributed by atoms with E-state index in [1.165, 1.54) is 24.1 Å². The first-order valence-corrected chi connectivity index (χ1v) is 7.43. The Kier molecular flexibility index (Phi) is 3.50. The van der Waals surface area contributed by atoms with Gasteiger partial charge in [0.15, 0.2) is 0 Å². The predicted octanol–water partition coefficient (Wildman–Crippen LogP) is 2.29. The lowest BCUT2D eigenvalue weighted by Gasteiger charge is -2.38. The van der Waals surface area contributed by atoms with Gasteiger partial charge in [0.1, 0.15) is 0 Å². The standard InChI is InChI=1S/C16H24N2O/c1-16(19)8-10-18(11-9-16)15-5-3-2-4-13(15)12-17-14-6-7-14/h2-5,14,17,19H,6-12H2,1H3. The predicted molar refractivity (Wildman–Crippen MR) is 78.4 cm³/mol. The number of para-hydroxylation sites is 1. The molecule has 104 valence electrons. The van der Waals surface area contributed by atoms with Gasteiger partial charge >= 0.3 is 0 Å². The molecular weight excluding hydrogens is 236 g/mol. The Morgan fingerprint density at radius 1 is 1.26 bits per heavy atom. The number of hydrogen-bond donors (Lipinski definition) is 2. The van der Waals surface area contributed by atoms with E-state index < -0.39 is 5.60 Å². The molecule has 2 aliphatic rings. The molecule has 0 radical (unpaired) electrons. The fourth-order valence-electron chi connectivity index (χ4n) is 2.74. The van der Waals surface area contributed by atoms with Crippen LogP contribution in [0.1, 0.15) is 38.2 Å². The summed E-state index contributed by atoms with van der Waals surface area (Å²) in [6.07, 6.45) is 4.37. The van der Waals surface area contributed by atoms with Crippen molar-refractivity contribution >= 4 is 5.69 Å². The first-order chi connectivity index (χ1) is 9.14. The van der Waals surface area contributed by atoms with Crippen molar-refractivity contribution in [2.45, 2.75) is 50.8 Å². The van der Waals surface area contributed by atoms with Crippen molar-refractivity contribution < 1.29 is 5.11 Å². The Labute approximate surface area is 115 Å². The molecule has 3 rings (SSSR count). The highest BCUT2D eigenvalue weighted by atomic mass is 16.3. The molecule has 0 atom stereocenters. The van der Waals surface area contributed by atoms with Gasteiger partial charge in [-0.15, -0.1) is 0 Å². The topological polar surface area (TPSA) is 35.5 Å². The largest absolute Gasteiger partial charge is 0.390 e. The maximum Gasteiger partial charge on any atom is 0.0653 e. The quantitative estimate of drug-likeness (QED) is 0.872.